The fourth-order valence-electron chi connectivity index (χ4n) is 1.42. The smallest absolute Gasteiger partial charge is 0.240 e. The monoisotopic (exact) mass is 319 g/mol. The van der Waals surface area contributed by atoms with Gasteiger partial charge < -0.3 is 15.0 Å². The van der Waals surface area contributed by atoms with Crippen LogP contribution in [-0.2, 0) is 6.54 Å². The zero-order valence-electron chi connectivity index (χ0n) is 9.21. The van der Waals surface area contributed by atoms with Gasteiger partial charge in [-0.15, -0.1) is 0 Å². The molecule has 2 N–H and O–H groups in total. The molecular formula is C10H8BrF2N3O2. The van der Waals surface area contributed by atoms with Crippen LogP contribution in [0.15, 0.2) is 15.1 Å². The van der Waals surface area contributed by atoms with Crippen molar-refractivity contribution in [3.05, 3.63) is 28.1 Å². The zero-order chi connectivity index (χ0) is 13.3. The van der Waals surface area contributed by atoms with Crippen LogP contribution >= 0.6 is 15.9 Å². The van der Waals surface area contributed by atoms with Gasteiger partial charge in [-0.25, -0.2) is 8.78 Å². The summed E-state index contributed by atoms with van der Waals surface area (Å²) in [6.07, 6.45) is 0. The molecule has 0 unspecified atom stereocenters. The minimum Gasteiger partial charge on any atom is -0.493 e. The first-order valence-electron chi connectivity index (χ1n) is 4.83. The van der Waals surface area contributed by atoms with Gasteiger partial charge in [-0.05, 0) is 22.0 Å². The summed E-state index contributed by atoms with van der Waals surface area (Å²) < 4.78 is 37.1. The Balaban J connectivity index is 2.68. The molecule has 0 amide bonds. The Bertz CT molecular complexity index is 589. The molecular weight excluding hydrogens is 312 g/mol. The number of rotatable bonds is 3. The van der Waals surface area contributed by atoms with E-state index in [2.05, 4.69) is 26.1 Å². The lowest BCUT2D eigenvalue weighted by molar-refractivity contribution is 0.375. The second-order valence-electron chi connectivity index (χ2n) is 3.28. The van der Waals surface area contributed by atoms with E-state index in [0.29, 0.717) is 0 Å². The van der Waals surface area contributed by atoms with E-state index >= 15 is 0 Å². The van der Waals surface area contributed by atoms with E-state index in [1.807, 2.05) is 0 Å². The van der Waals surface area contributed by atoms with Gasteiger partial charge in [-0.2, -0.15) is 4.98 Å². The van der Waals surface area contributed by atoms with Crippen LogP contribution in [0.1, 0.15) is 5.89 Å². The summed E-state index contributed by atoms with van der Waals surface area (Å²) >= 11 is 2.90. The topological polar surface area (TPSA) is 74.2 Å². The second-order valence-corrected chi connectivity index (χ2v) is 4.13. The molecule has 0 saturated heterocycles. The van der Waals surface area contributed by atoms with E-state index in [4.69, 9.17) is 15.0 Å². The quantitative estimate of drug-likeness (QED) is 0.878. The summed E-state index contributed by atoms with van der Waals surface area (Å²) in [7, 11) is 1.22. The van der Waals surface area contributed by atoms with E-state index in [1.165, 1.54) is 7.11 Å². The molecule has 0 bridgehead atoms. The Morgan fingerprint density at radius 3 is 2.78 bits per heavy atom. The van der Waals surface area contributed by atoms with Gasteiger partial charge in [0.15, 0.2) is 17.4 Å². The minimum absolute atomic E-state index is 0.00736. The maximum absolute atomic E-state index is 14.0. The number of ether oxygens (including phenoxy) is 1. The molecule has 8 heteroatoms. The summed E-state index contributed by atoms with van der Waals surface area (Å²) in [4.78, 5) is 3.84. The molecule has 2 rings (SSSR count). The first kappa shape index (κ1) is 12.9. The fraction of sp³-hybridized carbons (Fsp3) is 0.200. The molecule has 0 radical (unpaired) electrons. The number of benzene rings is 1. The van der Waals surface area contributed by atoms with Crippen molar-refractivity contribution in [1.82, 2.24) is 10.1 Å². The predicted molar refractivity (Wildman–Crippen MR) is 61.8 cm³/mol. The zero-order valence-corrected chi connectivity index (χ0v) is 10.8. The van der Waals surface area contributed by atoms with Crippen molar-refractivity contribution in [2.45, 2.75) is 6.54 Å². The number of nitrogens with two attached hydrogens (primary N) is 1. The Morgan fingerprint density at radius 2 is 2.22 bits per heavy atom. The summed E-state index contributed by atoms with van der Waals surface area (Å²) in [5, 5.41) is 3.54. The first-order valence-corrected chi connectivity index (χ1v) is 5.62. The van der Waals surface area contributed by atoms with Crippen LogP contribution in [0.5, 0.6) is 5.75 Å². The van der Waals surface area contributed by atoms with Gasteiger partial charge in [-0.3, -0.25) is 0 Å². The SMILES string of the molecule is COc1c(F)cc(Br)c(F)c1-c1noc(CN)n1. The third-order valence-electron chi connectivity index (χ3n) is 2.20. The lowest BCUT2D eigenvalue weighted by Gasteiger charge is -2.08. The maximum Gasteiger partial charge on any atom is 0.240 e. The highest BCUT2D eigenvalue weighted by atomic mass is 79.9. The third kappa shape index (κ3) is 2.08. The molecule has 5 nitrogen and oxygen atoms in total. The van der Waals surface area contributed by atoms with Crippen LogP contribution in [0.2, 0.25) is 0 Å². The van der Waals surface area contributed by atoms with Crippen LogP contribution < -0.4 is 10.5 Å². The van der Waals surface area contributed by atoms with Gasteiger partial charge in [0.1, 0.15) is 5.56 Å². The average molecular weight is 320 g/mol. The largest absolute Gasteiger partial charge is 0.493 e. The van der Waals surface area contributed by atoms with E-state index in [0.717, 1.165) is 6.07 Å². The highest BCUT2D eigenvalue weighted by Crippen LogP contribution is 2.37. The van der Waals surface area contributed by atoms with Crippen molar-refractivity contribution in [3.8, 4) is 17.1 Å². The molecule has 0 aliphatic rings. The molecule has 2 aromatic rings. The highest BCUT2D eigenvalue weighted by Gasteiger charge is 2.23. The van der Waals surface area contributed by atoms with E-state index in [-0.39, 0.29) is 34.0 Å². The van der Waals surface area contributed by atoms with Crippen molar-refractivity contribution in [3.63, 3.8) is 0 Å². The van der Waals surface area contributed by atoms with Crippen molar-refractivity contribution in [1.29, 1.82) is 0 Å². The number of halogens is 3. The van der Waals surface area contributed by atoms with E-state index < -0.39 is 11.6 Å². The Hall–Kier alpha value is -1.54. The molecule has 0 atom stereocenters. The van der Waals surface area contributed by atoms with Crippen molar-refractivity contribution < 1.29 is 18.0 Å². The fourth-order valence-corrected chi connectivity index (χ4v) is 1.82. The number of hydrogen-bond acceptors (Lipinski definition) is 5. The van der Waals surface area contributed by atoms with Gasteiger partial charge in [0, 0.05) is 0 Å². The molecule has 18 heavy (non-hydrogen) atoms. The maximum atomic E-state index is 14.0. The Kier molecular flexibility index (Phi) is 3.58. The molecule has 96 valence electrons. The van der Waals surface area contributed by atoms with Gasteiger partial charge in [0.05, 0.1) is 18.1 Å². The minimum atomic E-state index is -0.738. The lowest BCUT2D eigenvalue weighted by Crippen LogP contribution is -1.99. The van der Waals surface area contributed by atoms with E-state index in [9.17, 15) is 8.78 Å². The molecule has 0 fully saturated rings. The van der Waals surface area contributed by atoms with Crippen molar-refractivity contribution >= 4 is 15.9 Å². The summed E-state index contributed by atoms with van der Waals surface area (Å²) in [6, 6.07) is 0.960. The second kappa shape index (κ2) is 4.99. The third-order valence-corrected chi connectivity index (χ3v) is 2.77. The Labute approximate surface area is 109 Å². The molecule has 0 aliphatic heterocycles. The van der Waals surface area contributed by atoms with Crippen LogP contribution in [0, 0.1) is 11.6 Å². The number of hydrogen-bond donors (Lipinski definition) is 1. The molecule has 0 aliphatic carbocycles. The summed E-state index contributed by atoms with van der Waals surface area (Å²) in [5.74, 6) is -1.77. The first-order chi connectivity index (χ1) is 8.58. The van der Waals surface area contributed by atoms with Gasteiger partial charge in [0.25, 0.3) is 0 Å². The lowest BCUT2D eigenvalue weighted by atomic mass is 10.1. The van der Waals surface area contributed by atoms with Gasteiger partial charge in [-0.1, -0.05) is 5.16 Å². The summed E-state index contributed by atoms with van der Waals surface area (Å²) in [5.41, 5.74) is 5.09. The van der Waals surface area contributed by atoms with Crippen molar-refractivity contribution in [2.24, 2.45) is 5.73 Å². The highest BCUT2D eigenvalue weighted by molar-refractivity contribution is 9.10. The standard InChI is InChI=1S/C10H8BrF2N3O2/c1-17-9-5(12)2-4(11)8(13)7(9)10-15-6(3-14)18-16-10/h2H,3,14H2,1H3. The number of nitrogens with zero attached hydrogens (tertiary/aromatic N) is 2. The average Bonchev–Trinajstić information content (AvgIpc) is 2.81. The molecule has 0 saturated carbocycles. The summed E-state index contributed by atoms with van der Waals surface area (Å²) in [6.45, 7) is 0.00736. The van der Waals surface area contributed by atoms with Crippen LogP contribution in [0.4, 0.5) is 8.78 Å². The Morgan fingerprint density at radius 1 is 1.50 bits per heavy atom. The van der Waals surface area contributed by atoms with Crippen LogP contribution in [-0.4, -0.2) is 17.3 Å². The van der Waals surface area contributed by atoms with Crippen LogP contribution in [0.25, 0.3) is 11.4 Å². The molecule has 0 spiro atoms. The number of methoxy groups -OCH3 is 1. The van der Waals surface area contributed by atoms with E-state index in [1.54, 1.807) is 0 Å². The van der Waals surface area contributed by atoms with Crippen LogP contribution in [0.3, 0.4) is 0 Å². The van der Waals surface area contributed by atoms with Crippen molar-refractivity contribution in [2.75, 3.05) is 7.11 Å². The number of aromatic nitrogens is 2. The van der Waals surface area contributed by atoms with Gasteiger partial charge >= 0.3 is 0 Å². The molecule has 1 aromatic heterocycles. The normalized spacial score (nSPS) is 10.7. The molecule has 1 aromatic carbocycles. The molecule has 1 heterocycles. The van der Waals surface area contributed by atoms with Gasteiger partial charge in [0.2, 0.25) is 11.7 Å². The predicted octanol–water partition coefficient (Wildman–Crippen LogP) is 2.24.